The van der Waals surface area contributed by atoms with Crippen LogP contribution in [-0.2, 0) is 11.3 Å². The Kier molecular flexibility index (Phi) is 6.87. The van der Waals surface area contributed by atoms with Crippen molar-refractivity contribution < 1.29 is 14.3 Å². The number of rotatable bonds is 8. The third-order valence-corrected chi connectivity index (χ3v) is 3.86. The number of hydrogen-bond donors (Lipinski definition) is 1. The number of ether oxygens (including phenoxy) is 2. The first-order valence-electron chi connectivity index (χ1n) is 8.76. The molecular weight excluding hydrogens is 314 g/mol. The van der Waals surface area contributed by atoms with Gasteiger partial charge in [0.15, 0.2) is 6.10 Å². The number of carbonyl (C=O) groups excluding carboxylic acids is 1. The number of amides is 1. The van der Waals surface area contributed by atoms with Crippen molar-refractivity contribution in [3.63, 3.8) is 0 Å². The van der Waals surface area contributed by atoms with Crippen molar-refractivity contribution in [1.29, 1.82) is 0 Å². The van der Waals surface area contributed by atoms with Crippen LogP contribution in [0.25, 0.3) is 0 Å². The van der Waals surface area contributed by atoms with E-state index in [-0.39, 0.29) is 5.91 Å². The molecule has 1 amide bonds. The van der Waals surface area contributed by atoms with E-state index in [0.29, 0.717) is 19.6 Å². The Morgan fingerprint density at radius 2 is 1.76 bits per heavy atom. The molecule has 0 saturated carbocycles. The lowest BCUT2D eigenvalue weighted by Crippen LogP contribution is -2.37. The summed E-state index contributed by atoms with van der Waals surface area (Å²) in [6.45, 7) is 8.94. The van der Waals surface area contributed by atoms with Crippen LogP contribution in [-0.4, -0.2) is 18.6 Å². The SMILES string of the molecule is CCOc1ccccc1CNC(=O)[C@@H](CC)Oc1cc(C)cc(C)c1. The molecule has 0 aliphatic carbocycles. The van der Waals surface area contributed by atoms with Crippen LogP contribution in [0.1, 0.15) is 37.0 Å². The Hall–Kier alpha value is -2.49. The lowest BCUT2D eigenvalue weighted by molar-refractivity contribution is -0.128. The van der Waals surface area contributed by atoms with Gasteiger partial charge >= 0.3 is 0 Å². The van der Waals surface area contributed by atoms with E-state index in [2.05, 4.69) is 11.4 Å². The highest BCUT2D eigenvalue weighted by atomic mass is 16.5. The van der Waals surface area contributed by atoms with Crippen molar-refractivity contribution in [3.05, 3.63) is 59.2 Å². The molecule has 4 nitrogen and oxygen atoms in total. The molecule has 0 radical (unpaired) electrons. The van der Waals surface area contributed by atoms with Crippen LogP contribution in [0.4, 0.5) is 0 Å². The summed E-state index contributed by atoms with van der Waals surface area (Å²) in [7, 11) is 0. The van der Waals surface area contributed by atoms with Gasteiger partial charge in [-0.1, -0.05) is 31.2 Å². The van der Waals surface area contributed by atoms with Crippen LogP contribution in [0.2, 0.25) is 0 Å². The first-order chi connectivity index (χ1) is 12.0. The Balaban J connectivity index is 2.00. The third kappa shape index (κ3) is 5.52. The molecule has 0 heterocycles. The molecule has 1 atom stereocenters. The quantitative estimate of drug-likeness (QED) is 0.784. The highest BCUT2D eigenvalue weighted by molar-refractivity contribution is 5.81. The second kappa shape index (κ2) is 9.11. The maximum absolute atomic E-state index is 12.5. The zero-order chi connectivity index (χ0) is 18.2. The number of para-hydroxylation sites is 1. The van der Waals surface area contributed by atoms with Gasteiger partial charge in [-0.25, -0.2) is 0 Å². The maximum atomic E-state index is 12.5. The van der Waals surface area contributed by atoms with Crippen LogP contribution in [0.3, 0.4) is 0 Å². The molecule has 134 valence electrons. The number of nitrogens with one attached hydrogen (secondary N) is 1. The van der Waals surface area contributed by atoms with E-state index in [9.17, 15) is 4.79 Å². The Morgan fingerprint density at radius 3 is 2.40 bits per heavy atom. The average molecular weight is 341 g/mol. The Morgan fingerprint density at radius 1 is 1.08 bits per heavy atom. The van der Waals surface area contributed by atoms with Crippen molar-refractivity contribution in [3.8, 4) is 11.5 Å². The van der Waals surface area contributed by atoms with Crippen molar-refractivity contribution in [1.82, 2.24) is 5.32 Å². The molecule has 0 fully saturated rings. The number of benzene rings is 2. The fraction of sp³-hybridized carbons (Fsp3) is 0.381. The molecule has 0 aromatic heterocycles. The van der Waals surface area contributed by atoms with Crippen LogP contribution < -0.4 is 14.8 Å². The summed E-state index contributed by atoms with van der Waals surface area (Å²) in [4.78, 5) is 12.5. The predicted molar refractivity (Wildman–Crippen MR) is 100 cm³/mol. The molecule has 2 aromatic rings. The van der Waals surface area contributed by atoms with Crippen LogP contribution in [0.5, 0.6) is 11.5 Å². The normalized spacial score (nSPS) is 11.7. The lowest BCUT2D eigenvalue weighted by Gasteiger charge is -2.18. The molecule has 25 heavy (non-hydrogen) atoms. The summed E-state index contributed by atoms with van der Waals surface area (Å²) in [6, 6.07) is 13.7. The van der Waals surface area contributed by atoms with E-state index < -0.39 is 6.10 Å². The minimum absolute atomic E-state index is 0.118. The summed E-state index contributed by atoms with van der Waals surface area (Å²) < 4.78 is 11.5. The van der Waals surface area contributed by atoms with Crippen molar-refractivity contribution in [2.24, 2.45) is 0 Å². The molecule has 2 rings (SSSR count). The fourth-order valence-corrected chi connectivity index (χ4v) is 2.73. The van der Waals surface area contributed by atoms with E-state index in [1.54, 1.807) is 0 Å². The predicted octanol–water partition coefficient (Wildman–Crippen LogP) is 4.18. The summed E-state index contributed by atoms with van der Waals surface area (Å²) >= 11 is 0. The maximum Gasteiger partial charge on any atom is 0.261 e. The van der Waals surface area contributed by atoms with Gasteiger partial charge in [-0.3, -0.25) is 4.79 Å². The highest BCUT2D eigenvalue weighted by Crippen LogP contribution is 2.20. The minimum Gasteiger partial charge on any atom is -0.494 e. The Labute approximate surface area is 150 Å². The van der Waals surface area contributed by atoms with E-state index in [4.69, 9.17) is 9.47 Å². The molecule has 0 unspecified atom stereocenters. The van der Waals surface area contributed by atoms with Gasteiger partial charge in [-0.05, 0) is 56.5 Å². The van der Waals surface area contributed by atoms with Crippen LogP contribution in [0.15, 0.2) is 42.5 Å². The van der Waals surface area contributed by atoms with E-state index in [1.165, 1.54) is 0 Å². The van der Waals surface area contributed by atoms with E-state index >= 15 is 0 Å². The van der Waals surface area contributed by atoms with Crippen molar-refractivity contribution >= 4 is 5.91 Å². The van der Waals surface area contributed by atoms with Gasteiger partial charge in [0.05, 0.1) is 6.61 Å². The molecule has 0 aliphatic rings. The van der Waals surface area contributed by atoms with Crippen LogP contribution >= 0.6 is 0 Å². The molecule has 0 spiro atoms. The van der Waals surface area contributed by atoms with Gasteiger partial charge in [0.1, 0.15) is 11.5 Å². The van der Waals surface area contributed by atoms with Crippen molar-refractivity contribution in [2.45, 2.75) is 46.8 Å². The third-order valence-electron chi connectivity index (χ3n) is 3.86. The van der Waals surface area contributed by atoms with Crippen molar-refractivity contribution in [2.75, 3.05) is 6.61 Å². The van der Waals surface area contributed by atoms with Gasteiger partial charge in [-0.15, -0.1) is 0 Å². The second-order valence-electron chi connectivity index (χ2n) is 6.10. The van der Waals surface area contributed by atoms with Gasteiger partial charge in [0, 0.05) is 12.1 Å². The molecule has 0 bridgehead atoms. The first-order valence-corrected chi connectivity index (χ1v) is 8.76. The Bertz CT molecular complexity index is 692. The monoisotopic (exact) mass is 341 g/mol. The molecule has 4 heteroatoms. The lowest BCUT2D eigenvalue weighted by atomic mass is 10.1. The zero-order valence-electron chi connectivity index (χ0n) is 15.5. The first kappa shape index (κ1) is 18.8. The minimum atomic E-state index is -0.513. The molecule has 1 N–H and O–H groups in total. The standard InChI is InChI=1S/C21H27NO3/c1-5-19(25-18-12-15(3)11-16(4)13-18)21(23)22-14-17-9-7-8-10-20(17)24-6-2/h7-13,19H,5-6,14H2,1-4H3,(H,22,23)/t19-/m1/s1. The number of carbonyl (C=O) groups is 1. The van der Waals surface area contributed by atoms with Gasteiger partial charge in [-0.2, -0.15) is 0 Å². The molecule has 0 saturated heterocycles. The largest absolute Gasteiger partial charge is 0.494 e. The van der Waals surface area contributed by atoms with E-state index in [1.807, 2.05) is 64.1 Å². The number of hydrogen-bond acceptors (Lipinski definition) is 3. The summed E-state index contributed by atoms with van der Waals surface area (Å²) in [5, 5.41) is 2.95. The van der Waals surface area contributed by atoms with Gasteiger partial charge < -0.3 is 14.8 Å². The van der Waals surface area contributed by atoms with E-state index in [0.717, 1.165) is 28.2 Å². The van der Waals surface area contributed by atoms with Gasteiger partial charge in [0.2, 0.25) is 0 Å². The topological polar surface area (TPSA) is 47.6 Å². The summed E-state index contributed by atoms with van der Waals surface area (Å²) in [6.07, 6.45) is 0.0896. The fourth-order valence-electron chi connectivity index (χ4n) is 2.73. The average Bonchev–Trinajstić information content (AvgIpc) is 2.58. The highest BCUT2D eigenvalue weighted by Gasteiger charge is 2.18. The van der Waals surface area contributed by atoms with Crippen LogP contribution in [0, 0.1) is 13.8 Å². The molecular formula is C21H27NO3. The summed E-state index contributed by atoms with van der Waals surface area (Å²) in [5.74, 6) is 1.41. The molecule has 2 aromatic carbocycles. The van der Waals surface area contributed by atoms with Gasteiger partial charge in [0.25, 0.3) is 5.91 Å². The summed E-state index contributed by atoms with van der Waals surface area (Å²) in [5.41, 5.74) is 3.20. The zero-order valence-corrected chi connectivity index (χ0v) is 15.5. The molecule has 0 aliphatic heterocycles. The number of aryl methyl sites for hydroxylation is 2. The smallest absolute Gasteiger partial charge is 0.261 e. The second-order valence-corrected chi connectivity index (χ2v) is 6.10.